The van der Waals surface area contributed by atoms with Crippen LogP contribution in [0.25, 0.3) is 56.1 Å². The van der Waals surface area contributed by atoms with E-state index in [1.54, 1.807) is 30.7 Å². The lowest BCUT2D eigenvalue weighted by Gasteiger charge is -2.12. The number of aromatic amines is 2. The summed E-state index contributed by atoms with van der Waals surface area (Å²) in [7, 11) is 3.90. The highest BCUT2D eigenvalue weighted by Crippen LogP contribution is 2.32. The number of rotatable bonds is 9. The van der Waals surface area contributed by atoms with E-state index in [0.29, 0.717) is 69.6 Å². The molecule has 0 aliphatic carbocycles. The molecule has 1 amide bonds. The number of hydrogen-bond donors (Lipinski definition) is 3. The number of nitrogens with zero attached hydrogens (tertiary/aromatic N) is 6. The van der Waals surface area contributed by atoms with E-state index >= 15 is 0 Å². The third-order valence-electron chi connectivity index (χ3n) is 6.81. The monoisotopic (exact) mass is 579 g/mol. The molecule has 0 atom stereocenters. The Labute approximate surface area is 246 Å². The molecule has 0 saturated carbocycles. The molecule has 0 unspecified atom stereocenters. The lowest BCUT2D eigenvalue weighted by atomic mass is 10.1. The molecule has 6 aromatic rings. The molecular weight excluding hydrogens is 549 g/mol. The van der Waals surface area contributed by atoms with E-state index in [4.69, 9.17) is 14.7 Å². The number of halogens is 1. The molecule has 0 aliphatic heterocycles. The summed E-state index contributed by atoms with van der Waals surface area (Å²) in [6, 6.07) is 11.9. The van der Waals surface area contributed by atoms with Gasteiger partial charge in [0.1, 0.15) is 29.2 Å². The van der Waals surface area contributed by atoms with Gasteiger partial charge in [-0.15, -0.1) is 0 Å². The molecule has 6 rings (SSSR count). The number of aromatic nitrogens is 7. The van der Waals surface area contributed by atoms with E-state index in [-0.39, 0.29) is 11.8 Å². The van der Waals surface area contributed by atoms with Crippen molar-refractivity contribution in [3.05, 3.63) is 66.9 Å². The summed E-state index contributed by atoms with van der Waals surface area (Å²) in [5.74, 6) is 0.225. The van der Waals surface area contributed by atoms with Gasteiger partial charge in [-0.3, -0.25) is 19.9 Å². The first kappa shape index (κ1) is 27.9. The second kappa shape index (κ2) is 11.6. The van der Waals surface area contributed by atoms with Crippen molar-refractivity contribution in [2.75, 3.05) is 32.6 Å². The minimum atomic E-state index is -0.427. The number of likely N-dealkylation sites (N-methyl/N-ethyl adjacent to an activating group) is 1. The third-order valence-corrected chi connectivity index (χ3v) is 6.81. The first-order valence-corrected chi connectivity index (χ1v) is 13.8. The highest BCUT2D eigenvalue weighted by molar-refractivity contribution is 5.95. The van der Waals surface area contributed by atoms with Crippen LogP contribution in [-0.4, -0.2) is 73.2 Å². The SMILES string of the molecule is CC(C)C(=O)Nc1cncc(-c2ccc3[nH]nc(-c4nc5c(-c6cc(F)cc(OCCN(C)C)c6)nccc5[nH]4)c3n2)c1. The molecule has 3 N–H and O–H groups in total. The van der Waals surface area contributed by atoms with Crippen LogP contribution in [0, 0.1) is 11.7 Å². The Morgan fingerprint density at radius 3 is 2.65 bits per heavy atom. The van der Waals surface area contributed by atoms with Gasteiger partial charge in [0.05, 0.1) is 34.3 Å². The van der Waals surface area contributed by atoms with Crippen molar-refractivity contribution in [2.24, 2.45) is 5.92 Å². The zero-order valence-corrected chi connectivity index (χ0v) is 24.1. The molecule has 5 heterocycles. The number of anilines is 1. The van der Waals surface area contributed by atoms with Crippen LogP contribution in [0.15, 0.2) is 61.1 Å². The first-order valence-electron chi connectivity index (χ1n) is 13.8. The van der Waals surface area contributed by atoms with Crippen molar-refractivity contribution >= 4 is 33.7 Å². The number of carbonyl (C=O) groups is 1. The van der Waals surface area contributed by atoms with Gasteiger partial charge in [-0.2, -0.15) is 5.10 Å². The molecule has 0 saturated heterocycles. The van der Waals surface area contributed by atoms with E-state index < -0.39 is 5.82 Å². The van der Waals surface area contributed by atoms with Crippen LogP contribution >= 0.6 is 0 Å². The van der Waals surface area contributed by atoms with E-state index in [1.807, 2.05) is 51.0 Å². The van der Waals surface area contributed by atoms with Crippen molar-refractivity contribution in [1.29, 1.82) is 0 Å². The number of hydrogen-bond acceptors (Lipinski definition) is 8. The maximum absolute atomic E-state index is 14.6. The van der Waals surface area contributed by atoms with E-state index in [1.165, 1.54) is 12.1 Å². The Kier molecular flexibility index (Phi) is 7.51. The predicted octanol–water partition coefficient (Wildman–Crippen LogP) is 5.30. The quantitative estimate of drug-likeness (QED) is 0.210. The zero-order chi connectivity index (χ0) is 30.1. The van der Waals surface area contributed by atoms with Crippen molar-refractivity contribution < 1.29 is 13.9 Å². The van der Waals surface area contributed by atoms with Crippen LogP contribution in [0.1, 0.15) is 13.8 Å². The molecule has 0 radical (unpaired) electrons. The number of benzene rings is 1. The van der Waals surface area contributed by atoms with Crippen molar-refractivity contribution in [1.82, 2.24) is 40.0 Å². The summed E-state index contributed by atoms with van der Waals surface area (Å²) in [6.45, 7) is 4.79. The molecule has 5 aromatic heterocycles. The number of amides is 1. The van der Waals surface area contributed by atoms with Gasteiger partial charge < -0.3 is 19.9 Å². The lowest BCUT2D eigenvalue weighted by molar-refractivity contribution is -0.118. The largest absolute Gasteiger partial charge is 0.492 e. The summed E-state index contributed by atoms with van der Waals surface area (Å²) >= 11 is 0. The maximum atomic E-state index is 14.6. The second-order valence-corrected chi connectivity index (χ2v) is 10.7. The molecular formula is C31H30FN9O2. The minimum Gasteiger partial charge on any atom is -0.492 e. The van der Waals surface area contributed by atoms with Gasteiger partial charge >= 0.3 is 0 Å². The molecule has 1 aromatic carbocycles. The average molecular weight is 580 g/mol. The Morgan fingerprint density at radius 1 is 1.00 bits per heavy atom. The van der Waals surface area contributed by atoms with Crippen LogP contribution < -0.4 is 10.1 Å². The van der Waals surface area contributed by atoms with Gasteiger partial charge in [0.25, 0.3) is 0 Å². The predicted molar refractivity (Wildman–Crippen MR) is 163 cm³/mol. The second-order valence-electron chi connectivity index (χ2n) is 10.7. The minimum absolute atomic E-state index is 0.0930. The summed E-state index contributed by atoms with van der Waals surface area (Å²) in [5.41, 5.74) is 6.16. The fourth-order valence-electron chi connectivity index (χ4n) is 4.55. The van der Waals surface area contributed by atoms with Crippen LogP contribution in [0.4, 0.5) is 10.1 Å². The summed E-state index contributed by atoms with van der Waals surface area (Å²) < 4.78 is 20.4. The van der Waals surface area contributed by atoms with Gasteiger partial charge in [0.15, 0.2) is 11.5 Å². The number of H-pyrrole nitrogens is 2. The zero-order valence-electron chi connectivity index (χ0n) is 24.1. The summed E-state index contributed by atoms with van der Waals surface area (Å²) in [5, 5.41) is 10.4. The number of carbonyl (C=O) groups excluding carboxylic acids is 1. The molecule has 0 bridgehead atoms. The number of pyridine rings is 3. The number of fused-ring (bicyclic) bond motifs is 2. The normalized spacial score (nSPS) is 11.6. The van der Waals surface area contributed by atoms with E-state index in [9.17, 15) is 9.18 Å². The third kappa shape index (κ3) is 5.90. The van der Waals surface area contributed by atoms with Crippen LogP contribution in [-0.2, 0) is 4.79 Å². The van der Waals surface area contributed by atoms with E-state index in [0.717, 1.165) is 11.1 Å². The highest BCUT2D eigenvalue weighted by Gasteiger charge is 2.18. The Morgan fingerprint density at radius 2 is 1.84 bits per heavy atom. The molecule has 0 aliphatic rings. The average Bonchev–Trinajstić information content (AvgIpc) is 3.60. The Bertz CT molecular complexity index is 1950. The Balaban J connectivity index is 1.36. The molecule has 0 fully saturated rings. The van der Waals surface area contributed by atoms with Gasteiger partial charge in [0, 0.05) is 42.0 Å². The number of imidazole rings is 1. The Hall–Kier alpha value is -5.23. The first-order chi connectivity index (χ1) is 20.7. The lowest BCUT2D eigenvalue weighted by Crippen LogP contribution is -2.19. The van der Waals surface area contributed by atoms with Gasteiger partial charge in [-0.25, -0.2) is 14.4 Å². The molecule has 11 nitrogen and oxygen atoms in total. The fourth-order valence-corrected chi connectivity index (χ4v) is 4.55. The summed E-state index contributed by atoms with van der Waals surface area (Å²) in [6.07, 6.45) is 4.94. The van der Waals surface area contributed by atoms with Crippen molar-refractivity contribution in [3.8, 4) is 39.8 Å². The standard InChI is InChI=1S/C31H30FN9O2/c1-17(2)31(42)35-21-12-19(15-33-16-21)23-5-6-25-28(36-23)29(40-39-25)30-37-24-7-8-34-26(27(24)38-30)18-11-20(32)14-22(13-18)43-10-9-41(3)4/h5-8,11-17H,9-10H2,1-4H3,(H,35,42)(H,37,38)(H,39,40). The fraction of sp³-hybridized carbons (Fsp3) is 0.226. The number of nitrogens with one attached hydrogen (secondary N) is 3. The van der Waals surface area contributed by atoms with Gasteiger partial charge in [0.2, 0.25) is 5.91 Å². The van der Waals surface area contributed by atoms with Crippen molar-refractivity contribution in [3.63, 3.8) is 0 Å². The summed E-state index contributed by atoms with van der Waals surface area (Å²) in [4.78, 5) is 36.0. The van der Waals surface area contributed by atoms with E-state index in [2.05, 4.69) is 30.5 Å². The van der Waals surface area contributed by atoms with Gasteiger partial charge in [-0.05, 0) is 50.5 Å². The highest BCUT2D eigenvalue weighted by atomic mass is 19.1. The maximum Gasteiger partial charge on any atom is 0.226 e. The van der Waals surface area contributed by atoms with Gasteiger partial charge in [-0.1, -0.05) is 13.8 Å². The molecule has 12 heteroatoms. The smallest absolute Gasteiger partial charge is 0.226 e. The molecule has 43 heavy (non-hydrogen) atoms. The van der Waals surface area contributed by atoms with Crippen LogP contribution in [0.2, 0.25) is 0 Å². The van der Waals surface area contributed by atoms with Crippen LogP contribution in [0.3, 0.4) is 0 Å². The van der Waals surface area contributed by atoms with Crippen molar-refractivity contribution in [2.45, 2.75) is 13.8 Å². The van der Waals surface area contributed by atoms with Crippen LogP contribution in [0.5, 0.6) is 5.75 Å². The molecule has 0 spiro atoms. The number of ether oxygens (including phenoxy) is 1. The molecule has 218 valence electrons. The topological polar surface area (TPSA) is 138 Å².